The van der Waals surface area contributed by atoms with Gasteiger partial charge >= 0.3 is 6.09 Å². The molecule has 20 heavy (non-hydrogen) atoms. The van der Waals surface area contributed by atoms with Crippen LogP contribution in [-0.4, -0.2) is 43.9 Å². The number of nitrogens with zero attached hydrogens (tertiary/aromatic N) is 2. The Hall–Kier alpha value is -1.98. The summed E-state index contributed by atoms with van der Waals surface area (Å²) >= 11 is 0. The highest BCUT2D eigenvalue weighted by molar-refractivity contribution is 5.66. The number of pyridine rings is 1. The number of aromatic hydroxyl groups is 1. The first kappa shape index (κ1) is 14.4. The van der Waals surface area contributed by atoms with E-state index in [-0.39, 0.29) is 17.9 Å². The smallest absolute Gasteiger partial charge is 0.407 e. The molecule has 2 N–H and O–H groups in total. The lowest BCUT2D eigenvalue weighted by Gasteiger charge is -2.46. The Morgan fingerprint density at radius 1 is 1.40 bits per heavy atom. The minimum absolute atomic E-state index is 0.0189. The Morgan fingerprint density at radius 3 is 2.50 bits per heavy atom. The molecule has 1 fully saturated rings. The largest absolute Gasteiger partial charge is 0.506 e. The van der Waals surface area contributed by atoms with Crippen LogP contribution in [0.5, 0.6) is 11.6 Å². The van der Waals surface area contributed by atoms with Crippen molar-refractivity contribution in [3.63, 3.8) is 0 Å². The van der Waals surface area contributed by atoms with E-state index in [1.165, 1.54) is 17.2 Å². The third-order valence-corrected chi connectivity index (χ3v) is 3.37. The zero-order valence-corrected chi connectivity index (χ0v) is 11.9. The fourth-order valence-corrected chi connectivity index (χ4v) is 2.45. The quantitative estimate of drug-likeness (QED) is 0.888. The van der Waals surface area contributed by atoms with Gasteiger partial charge in [-0.15, -0.1) is 0 Å². The van der Waals surface area contributed by atoms with Crippen LogP contribution in [0.25, 0.3) is 0 Å². The molecule has 0 unspecified atom stereocenters. The molecule has 1 heterocycles. The highest BCUT2D eigenvalue weighted by atomic mass is 16.5. The number of carbonyl (C=O) groups is 1. The predicted octanol–water partition coefficient (Wildman–Crippen LogP) is 2.48. The Bertz CT molecular complexity index is 475. The molecule has 1 aromatic heterocycles. The van der Waals surface area contributed by atoms with Gasteiger partial charge in [0.25, 0.3) is 0 Å². The second-order valence-corrected chi connectivity index (χ2v) is 6.04. The number of amides is 1. The molecule has 1 aromatic rings. The molecule has 6 heteroatoms. The van der Waals surface area contributed by atoms with Crippen molar-refractivity contribution in [3.05, 3.63) is 18.3 Å². The molecule has 0 bridgehead atoms. The molecule has 6 nitrogen and oxygen atoms in total. The molecular weight excluding hydrogens is 260 g/mol. The van der Waals surface area contributed by atoms with Gasteiger partial charge in [0.1, 0.15) is 11.9 Å². The minimum atomic E-state index is -0.899. The van der Waals surface area contributed by atoms with Crippen molar-refractivity contribution in [3.8, 4) is 11.6 Å². The Labute approximate surface area is 118 Å². The highest BCUT2D eigenvalue weighted by Crippen LogP contribution is 2.33. The molecule has 0 aliphatic heterocycles. The second kappa shape index (κ2) is 5.19. The lowest BCUT2D eigenvalue weighted by Crippen LogP contribution is -2.58. The number of rotatable bonds is 3. The van der Waals surface area contributed by atoms with Crippen molar-refractivity contribution < 1.29 is 19.7 Å². The molecule has 0 saturated heterocycles. The molecule has 0 spiro atoms. The fraction of sp³-hybridized carbons (Fsp3) is 0.571. The van der Waals surface area contributed by atoms with Gasteiger partial charge in [0.2, 0.25) is 5.88 Å². The molecule has 110 valence electrons. The summed E-state index contributed by atoms with van der Waals surface area (Å²) in [5, 5.41) is 18.4. The van der Waals surface area contributed by atoms with Gasteiger partial charge in [0, 0.05) is 30.5 Å². The maximum absolute atomic E-state index is 11.3. The van der Waals surface area contributed by atoms with Crippen molar-refractivity contribution in [2.45, 2.75) is 51.3 Å². The molecule has 1 aliphatic rings. The predicted molar refractivity (Wildman–Crippen MR) is 73.0 cm³/mol. The lowest BCUT2D eigenvalue weighted by molar-refractivity contribution is -0.0149. The number of carboxylic acid groups (broad SMARTS) is 1. The van der Waals surface area contributed by atoms with Crippen LogP contribution in [0.3, 0.4) is 0 Å². The van der Waals surface area contributed by atoms with Gasteiger partial charge in [-0.2, -0.15) is 0 Å². The van der Waals surface area contributed by atoms with Crippen molar-refractivity contribution in [1.29, 1.82) is 0 Å². The summed E-state index contributed by atoms with van der Waals surface area (Å²) in [6, 6.07) is 3.09. The van der Waals surface area contributed by atoms with Crippen LogP contribution in [0, 0.1) is 0 Å². The zero-order chi connectivity index (χ0) is 14.9. The first-order valence-corrected chi connectivity index (χ1v) is 6.61. The maximum Gasteiger partial charge on any atom is 0.407 e. The standard InChI is InChI=1S/C14H20N2O4/c1-14(2,3)16(13(18)19)9-6-11(7-9)20-12-5-4-10(17)8-15-12/h4-5,8-9,11,17H,6-7H2,1-3H3,(H,18,19). The number of hydrogen-bond acceptors (Lipinski definition) is 4. The summed E-state index contributed by atoms with van der Waals surface area (Å²) < 4.78 is 5.64. The molecule has 0 aromatic carbocycles. The van der Waals surface area contributed by atoms with Crippen molar-refractivity contribution >= 4 is 6.09 Å². The number of hydrogen-bond donors (Lipinski definition) is 2. The topological polar surface area (TPSA) is 82.9 Å². The summed E-state index contributed by atoms with van der Waals surface area (Å²) in [5.74, 6) is 0.539. The third-order valence-electron chi connectivity index (χ3n) is 3.37. The third kappa shape index (κ3) is 3.12. The van der Waals surface area contributed by atoms with Crippen LogP contribution in [0.4, 0.5) is 4.79 Å². The van der Waals surface area contributed by atoms with Gasteiger partial charge in [0.15, 0.2) is 0 Å². The molecule has 0 radical (unpaired) electrons. The van der Waals surface area contributed by atoms with E-state index >= 15 is 0 Å². The molecule has 1 aliphatic carbocycles. The van der Waals surface area contributed by atoms with Gasteiger partial charge in [-0.25, -0.2) is 9.78 Å². The van der Waals surface area contributed by atoms with E-state index in [4.69, 9.17) is 9.84 Å². The lowest BCUT2D eigenvalue weighted by atomic mass is 9.85. The van der Waals surface area contributed by atoms with Crippen LogP contribution < -0.4 is 4.74 Å². The van der Waals surface area contributed by atoms with Crippen molar-refractivity contribution in [1.82, 2.24) is 9.88 Å². The van der Waals surface area contributed by atoms with E-state index in [1.807, 2.05) is 20.8 Å². The van der Waals surface area contributed by atoms with E-state index in [2.05, 4.69) is 4.98 Å². The highest BCUT2D eigenvalue weighted by Gasteiger charge is 2.42. The monoisotopic (exact) mass is 280 g/mol. The molecule has 1 amide bonds. The Morgan fingerprint density at radius 2 is 2.05 bits per heavy atom. The second-order valence-electron chi connectivity index (χ2n) is 6.04. The van der Waals surface area contributed by atoms with Crippen molar-refractivity contribution in [2.24, 2.45) is 0 Å². The zero-order valence-electron chi connectivity index (χ0n) is 11.9. The van der Waals surface area contributed by atoms with Crippen LogP contribution in [-0.2, 0) is 0 Å². The van der Waals surface area contributed by atoms with E-state index in [0.29, 0.717) is 18.7 Å². The van der Waals surface area contributed by atoms with Crippen molar-refractivity contribution in [2.75, 3.05) is 0 Å². The first-order chi connectivity index (χ1) is 9.27. The van der Waals surface area contributed by atoms with E-state index in [1.54, 1.807) is 6.07 Å². The summed E-state index contributed by atoms with van der Waals surface area (Å²) in [6.45, 7) is 5.66. The molecule has 0 atom stereocenters. The van der Waals surface area contributed by atoms with Gasteiger partial charge in [-0.05, 0) is 26.8 Å². The maximum atomic E-state index is 11.3. The fourth-order valence-electron chi connectivity index (χ4n) is 2.45. The van der Waals surface area contributed by atoms with Crippen LogP contribution in [0.15, 0.2) is 18.3 Å². The molecule has 2 rings (SSSR count). The Kier molecular flexibility index (Phi) is 3.74. The van der Waals surface area contributed by atoms with E-state index < -0.39 is 11.6 Å². The summed E-state index contributed by atoms with van der Waals surface area (Å²) in [6.07, 6.45) is 1.72. The van der Waals surface area contributed by atoms with Crippen LogP contribution in [0.1, 0.15) is 33.6 Å². The molecule has 1 saturated carbocycles. The normalized spacial score (nSPS) is 21.9. The average Bonchev–Trinajstić information content (AvgIpc) is 2.26. The van der Waals surface area contributed by atoms with Crippen LogP contribution in [0.2, 0.25) is 0 Å². The van der Waals surface area contributed by atoms with E-state index in [0.717, 1.165) is 0 Å². The summed E-state index contributed by atoms with van der Waals surface area (Å²) in [4.78, 5) is 16.8. The van der Waals surface area contributed by atoms with E-state index in [9.17, 15) is 9.90 Å². The average molecular weight is 280 g/mol. The number of ether oxygens (including phenoxy) is 1. The summed E-state index contributed by atoms with van der Waals surface area (Å²) in [5.41, 5.74) is -0.418. The van der Waals surface area contributed by atoms with Gasteiger partial charge in [0.05, 0.1) is 6.20 Å². The number of aromatic nitrogens is 1. The minimum Gasteiger partial charge on any atom is -0.506 e. The SMILES string of the molecule is CC(C)(C)N(C(=O)O)C1CC(Oc2ccc(O)cn2)C1. The summed E-state index contributed by atoms with van der Waals surface area (Å²) in [7, 11) is 0. The Balaban J connectivity index is 1.90. The molecular formula is C14H20N2O4. The van der Waals surface area contributed by atoms with Gasteiger partial charge in [-0.1, -0.05) is 0 Å². The van der Waals surface area contributed by atoms with Crippen LogP contribution >= 0.6 is 0 Å². The first-order valence-electron chi connectivity index (χ1n) is 6.61. The van der Waals surface area contributed by atoms with Gasteiger partial charge in [-0.3, -0.25) is 0 Å². The van der Waals surface area contributed by atoms with Gasteiger partial charge < -0.3 is 19.8 Å².